The predicted molar refractivity (Wildman–Crippen MR) is 72.8 cm³/mol. The molecule has 4 heteroatoms. The fourth-order valence-electron chi connectivity index (χ4n) is 2.30. The summed E-state index contributed by atoms with van der Waals surface area (Å²) in [4.78, 5) is 0. The van der Waals surface area contributed by atoms with Crippen molar-refractivity contribution in [3.8, 4) is 0 Å². The molecular weight excluding hydrogens is 305 g/mol. The lowest BCUT2D eigenvalue weighted by Gasteiger charge is -2.11. The van der Waals surface area contributed by atoms with Crippen LogP contribution in [0.15, 0.2) is 22.7 Å². The summed E-state index contributed by atoms with van der Waals surface area (Å²) in [5, 5.41) is 3.73. The van der Waals surface area contributed by atoms with Crippen LogP contribution in [0.1, 0.15) is 24.8 Å². The third kappa shape index (κ3) is 3.67. The molecule has 2 atom stereocenters. The van der Waals surface area contributed by atoms with E-state index in [2.05, 4.69) is 21.2 Å². The standard InChI is InChI=1S/C13H16BrClFN/c14-13-10(2-1-3-12(13)16)8-17-7-9-4-5-11(15)6-9/h1-3,9,11,17H,4-8H2. The van der Waals surface area contributed by atoms with Crippen molar-refractivity contribution in [2.24, 2.45) is 5.92 Å². The lowest BCUT2D eigenvalue weighted by molar-refractivity contribution is 0.488. The molecule has 1 aliphatic rings. The maximum absolute atomic E-state index is 13.3. The normalized spacial score (nSPS) is 24.2. The van der Waals surface area contributed by atoms with Crippen molar-refractivity contribution < 1.29 is 4.39 Å². The van der Waals surface area contributed by atoms with E-state index in [1.165, 1.54) is 12.5 Å². The van der Waals surface area contributed by atoms with Gasteiger partial charge in [0.2, 0.25) is 0 Å². The molecule has 94 valence electrons. The zero-order valence-electron chi connectivity index (χ0n) is 9.56. The SMILES string of the molecule is Fc1cccc(CNCC2CCC(Cl)C2)c1Br. The van der Waals surface area contributed by atoms with E-state index >= 15 is 0 Å². The van der Waals surface area contributed by atoms with Gasteiger partial charge in [-0.1, -0.05) is 12.1 Å². The second-order valence-corrected chi connectivity index (χ2v) is 6.03. The van der Waals surface area contributed by atoms with Crippen molar-refractivity contribution in [2.75, 3.05) is 6.54 Å². The van der Waals surface area contributed by atoms with Gasteiger partial charge in [0.05, 0.1) is 4.47 Å². The van der Waals surface area contributed by atoms with E-state index in [1.54, 1.807) is 6.07 Å². The van der Waals surface area contributed by atoms with Gasteiger partial charge >= 0.3 is 0 Å². The van der Waals surface area contributed by atoms with Crippen molar-refractivity contribution in [1.29, 1.82) is 0 Å². The van der Waals surface area contributed by atoms with E-state index in [-0.39, 0.29) is 5.82 Å². The Balaban J connectivity index is 1.80. The Bertz CT molecular complexity index is 386. The van der Waals surface area contributed by atoms with Crippen LogP contribution in [0.4, 0.5) is 4.39 Å². The van der Waals surface area contributed by atoms with Gasteiger partial charge in [-0.3, -0.25) is 0 Å². The van der Waals surface area contributed by atoms with Gasteiger partial charge in [0.15, 0.2) is 0 Å². The second-order valence-electron chi connectivity index (χ2n) is 4.62. The van der Waals surface area contributed by atoms with E-state index in [1.807, 2.05) is 6.07 Å². The fourth-order valence-corrected chi connectivity index (χ4v) is 3.08. The average Bonchev–Trinajstić information content (AvgIpc) is 2.70. The molecule has 1 fully saturated rings. The monoisotopic (exact) mass is 319 g/mol. The molecule has 2 rings (SSSR count). The van der Waals surface area contributed by atoms with Crippen LogP contribution in [0, 0.1) is 11.7 Å². The summed E-state index contributed by atoms with van der Waals surface area (Å²) < 4.78 is 13.8. The maximum atomic E-state index is 13.3. The van der Waals surface area contributed by atoms with E-state index in [4.69, 9.17) is 11.6 Å². The third-order valence-electron chi connectivity index (χ3n) is 3.26. The van der Waals surface area contributed by atoms with Gasteiger partial charge in [0.1, 0.15) is 5.82 Å². The Hall–Kier alpha value is -0.120. The summed E-state index contributed by atoms with van der Waals surface area (Å²) in [6.45, 7) is 1.66. The summed E-state index contributed by atoms with van der Waals surface area (Å²) in [5.74, 6) is 0.468. The molecule has 1 aromatic rings. The highest BCUT2D eigenvalue weighted by Gasteiger charge is 2.22. The molecule has 0 bridgehead atoms. The molecule has 0 amide bonds. The Kier molecular flexibility index (Phi) is 4.83. The minimum atomic E-state index is -0.203. The molecule has 0 heterocycles. The Morgan fingerprint density at radius 1 is 1.41 bits per heavy atom. The minimum absolute atomic E-state index is 0.203. The first-order chi connectivity index (χ1) is 8.16. The lowest BCUT2D eigenvalue weighted by Crippen LogP contribution is -2.21. The molecule has 0 aliphatic heterocycles. The summed E-state index contributed by atoms with van der Waals surface area (Å²) in [5.41, 5.74) is 0.963. The first-order valence-electron chi connectivity index (χ1n) is 5.94. The quantitative estimate of drug-likeness (QED) is 0.824. The summed E-state index contributed by atoms with van der Waals surface area (Å²) in [6.07, 6.45) is 3.42. The van der Waals surface area contributed by atoms with Crippen LogP contribution in [0.25, 0.3) is 0 Å². The molecular formula is C13H16BrClFN. The van der Waals surface area contributed by atoms with Gasteiger partial charge in [0, 0.05) is 11.9 Å². The van der Waals surface area contributed by atoms with Crippen LogP contribution in [0.5, 0.6) is 0 Å². The molecule has 2 unspecified atom stereocenters. The van der Waals surface area contributed by atoms with Gasteiger partial charge in [-0.25, -0.2) is 4.39 Å². The molecule has 1 aliphatic carbocycles. The minimum Gasteiger partial charge on any atom is -0.312 e. The number of hydrogen-bond donors (Lipinski definition) is 1. The maximum Gasteiger partial charge on any atom is 0.137 e. The van der Waals surface area contributed by atoms with Gasteiger partial charge in [-0.15, -0.1) is 11.6 Å². The van der Waals surface area contributed by atoms with Crippen LogP contribution in [-0.2, 0) is 6.54 Å². The molecule has 1 nitrogen and oxygen atoms in total. The molecule has 0 aromatic heterocycles. The zero-order chi connectivity index (χ0) is 12.3. The first-order valence-corrected chi connectivity index (χ1v) is 7.17. The fraction of sp³-hybridized carbons (Fsp3) is 0.538. The Morgan fingerprint density at radius 3 is 2.94 bits per heavy atom. The van der Waals surface area contributed by atoms with Crippen LogP contribution >= 0.6 is 27.5 Å². The van der Waals surface area contributed by atoms with Crippen LogP contribution in [-0.4, -0.2) is 11.9 Å². The van der Waals surface area contributed by atoms with Gasteiger partial charge < -0.3 is 5.32 Å². The number of halogens is 3. The molecule has 0 saturated heterocycles. The molecule has 17 heavy (non-hydrogen) atoms. The highest BCUT2D eigenvalue weighted by atomic mass is 79.9. The summed E-state index contributed by atoms with van der Waals surface area (Å²) >= 11 is 9.33. The highest BCUT2D eigenvalue weighted by molar-refractivity contribution is 9.10. The van der Waals surface area contributed by atoms with Crippen LogP contribution in [0.3, 0.4) is 0 Å². The van der Waals surface area contributed by atoms with E-state index in [9.17, 15) is 4.39 Å². The van der Waals surface area contributed by atoms with E-state index in [0.717, 1.165) is 24.9 Å². The Morgan fingerprint density at radius 2 is 2.24 bits per heavy atom. The topological polar surface area (TPSA) is 12.0 Å². The van der Waals surface area contributed by atoms with Crippen molar-refractivity contribution >= 4 is 27.5 Å². The largest absolute Gasteiger partial charge is 0.312 e. The van der Waals surface area contributed by atoms with Gasteiger partial charge in [-0.2, -0.15) is 0 Å². The van der Waals surface area contributed by atoms with Crippen LogP contribution in [0.2, 0.25) is 0 Å². The van der Waals surface area contributed by atoms with Gasteiger partial charge in [0.25, 0.3) is 0 Å². The zero-order valence-corrected chi connectivity index (χ0v) is 11.9. The number of alkyl halides is 1. The van der Waals surface area contributed by atoms with E-state index < -0.39 is 0 Å². The molecule has 0 spiro atoms. The predicted octanol–water partition coefficient (Wildman–Crippen LogP) is 4.09. The lowest BCUT2D eigenvalue weighted by atomic mass is 10.1. The number of nitrogens with one attached hydrogen (secondary N) is 1. The highest BCUT2D eigenvalue weighted by Crippen LogP contribution is 2.29. The molecule has 0 radical (unpaired) electrons. The summed E-state index contributed by atoms with van der Waals surface area (Å²) in [6, 6.07) is 5.13. The molecule has 1 N–H and O–H groups in total. The molecule has 1 aromatic carbocycles. The van der Waals surface area contributed by atoms with Crippen molar-refractivity contribution in [3.63, 3.8) is 0 Å². The van der Waals surface area contributed by atoms with Crippen molar-refractivity contribution in [3.05, 3.63) is 34.1 Å². The van der Waals surface area contributed by atoms with E-state index in [0.29, 0.717) is 22.3 Å². The first kappa shape index (κ1) is 13.3. The average molecular weight is 321 g/mol. The summed E-state index contributed by atoms with van der Waals surface area (Å²) in [7, 11) is 0. The Labute approximate surface area is 115 Å². The smallest absolute Gasteiger partial charge is 0.137 e. The second kappa shape index (κ2) is 6.17. The van der Waals surface area contributed by atoms with Crippen LogP contribution < -0.4 is 5.32 Å². The van der Waals surface area contributed by atoms with Gasteiger partial charge in [-0.05, 0) is 59.3 Å². The van der Waals surface area contributed by atoms with Crippen molar-refractivity contribution in [2.45, 2.75) is 31.2 Å². The number of rotatable bonds is 4. The van der Waals surface area contributed by atoms with Crippen molar-refractivity contribution in [1.82, 2.24) is 5.32 Å². The molecule has 1 saturated carbocycles. The number of hydrogen-bond acceptors (Lipinski definition) is 1. The number of benzene rings is 1. The third-order valence-corrected chi connectivity index (χ3v) is 4.54.